The molecule has 1 N–H and O–H groups in total. The number of hydrogen-bond acceptors (Lipinski definition) is 4. The van der Waals surface area contributed by atoms with Crippen molar-refractivity contribution in [2.24, 2.45) is 5.92 Å². The SMILES string of the molecule is CCC(NCC(C)COC)C(=O)OC. The quantitative estimate of drug-likeness (QED) is 0.622. The molecule has 14 heavy (non-hydrogen) atoms. The minimum atomic E-state index is -0.197. The van der Waals surface area contributed by atoms with E-state index in [1.807, 2.05) is 6.92 Å². The number of methoxy groups -OCH3 is 2. The topological polar surface area (TPSA) is 47.6 Å². The molecule has 0 aromatic rings. The summed E-state index contributed by atoms with van der Waals surface area (Å²) in [5.41, 5.74) is 0. The Hall–Kier alpha value is -0.610. The third-order valence-corrected chi connectivity index (χ3v) is 2.06. The zero-order chi connectivity index (χ0) is 11.0. The highest BCUT2D eigenvalue weighted by Crippen LogP contribution is 1.98. The largest absolute Gasteiger partial charge is 0.468 e. The van der Waals surface area contributed by atoms with Crippen LogP contribution in [0.3, 0.4) is 0 Å². The molecule has 0 saturated carbocycles. The van der Waals surface area contributed by atoms with E-state index < -0.39 is 0 Å². The standard InChI is InChI=1S/C10H21NO3/c1-5-9(10(12)14-4)11-6-8(2)7-13-3/h8-9,11H,5-7H2,1-4H3. The molecule has 0 aliphatic heterocycles. The van der Waals surface area contributed by atoms with Gasteiger partial charge in [-0.3, -0.25) is 4.79 Å². The maximum Gasteiger partial charge on any atom is 0.322 e. The first kappa shape index (κ1) is 13.4. The third kappa shape index (κ3) is 5.19. The molecular weight excluding hydrogens is 182 g/mol. The van der Waals surface area contributed by atoms with Gasteiger partial charge in [0.1, 0.15) is 6.04 Å². The Bertz CT molecular complexity index is 161. The van der Waals surface area contributed by atoms with Crippen LogP contribution in [-0.2, 0) is 14.3 Å². The van der Waals surface area contributed by atoms with Gasteiger partial charge in [-0.25, -0.2) is 0 Å². The molecule has 0 fully saturated rings. The molecule has 0 aromatic heterocycles. The number of esters is 1. The summed E-state index contributed by atoms with van der Waals surface area (Å²) in [6.45, 7) is 5.49. The van der Waals surface area contributed by atoms with Gasteiger partial charge in [-0.2, -0.15) is 0 Å². The maximum atomic E-state index is 11.2. The van der Waals surface area contributed by atoms with Crippen LogP contribution in [0.5, 0.6) is 0 Å². The summed E-state index contributed by atoms with van der Waals surface area (Å²) in [6, 6.07) is -0.195. The Balaban J connectivity index is 3.77. The van der Waals surface area contributed by atoms with E-state index in [2.05, 4.69) is 17.0 Å². The van der Waals surface area contributed by atoms with E-state index in [1.54, 1.807) is 7.11 Å². The average molecular weight is 203 g/mol. The first-order valence-electron chi connectivity index (χ1n) is 4.95. The molecule has 0 bridgehead atoms. The fraction of sp³-hybridized carbons (Fsp3) is 0.900. The van der Waals surface area contributed by atoms with Crippen molar-refractivity contribution in [3.8, 4) is 0 Å². The zero-order valence-electron chi connectivity index (χ0n) is 9.50. The second kappa shape index (κ2) is 7.76. The van der Waals surface area contributed by atoms with Crippen LogP contribution in [0.2, 0.25) is 0 Å². The van der Waals surface area contributed by atoms with Crippen LogP contribution < -0.4 is 5.32 Å². The van der Waals surface area contributed by atoms with Crippen molar-refractivity contribution >= 4 is 5.97 Å². The van der Waals surface area contributed by atoms with Crippen LogP contribution in [0.15, 0.2) is 0 Å². The van der Waals surface area contributed by atoms with Gasteiger partial charge in [-0.05, 0) is 12.3 Å². The lowest BCUT2D eigenvalue weighted by atomic mass is 10.1. The van der Waals surface area contributed by atoms with Gasteiger partial charge in [-0.15, -0.1) is 0 Å². The van der Waals surface area contributed by atoms with Crippen molar-refractivity contribution in [3.05, 3.63) is 0 Å². The van der Waals surface area contributed by atoms with Crippen LogP contribution in [0.25, 0.3) is 0 Å². The zero-order valence-corrected chi connectivity index (χ0v) is 9.50. The molecule has 0 spiro atoms. The fourth-order valence-electron chi connectivity index (χ4n) is 1.22. The van der Waals surface area contributed by atoms with Gasteiger partial charge in [0.25, 0.3) is 0 Å². The maximum absolute atomic E-state index is 11.2. The molecule has 84 valence electrons. The molecule has 2 atom stereocenters. The van der Waals surface area contributed by atoms with Crippen molar-refractivity contribution in [2.75, 3.05) is 27.4 Å². The van der Waals surface area contributed by atoms with E-state index in [0.29, 0.717) is 12.5 Å². The van der Waals surface area contributed by atoms with E-state index in [9.17, 15) is 4.79 Å². The summed E-state index contributed by atoms with van der Waals surface area (Å²) in [4.78, 5) is 11.2. The molecule has 0 radical (unpaired) electrons. The number of hydrogen-bond donors (Lipinski definition) is 1. The van der Waals surface area contributed by atoms with E-state index in [4.69, 9.17) is 4.74 Å². The molecular formula is C10H21NO3. The van der Waals surface area contributed by atoms with Crippen molar-refractivity contribution in [1.29, 1.82) is 0 Å². The van der Waals surface area contributed by atoms with E-state index in [-0.39, 0.29) is 12.0 Å². The van der Waals surface area contributed by atoms with Crippen LogP contribution in [0.4, 0.5) is 0 Å². The first-order valence-corrected chi connectivity index (χ1v) is 4.95. The number of carbonyl (C=O) groups is 1. The summed E-state index contributed by atoms with van der Waals surface area (Å²) in [5, 5.41) is 3.15. The summed E-state index contributed by atoms with van der Waals surface area (Å²) in [5.74, 6) is 0.204. The molecule has 2 unspecified atom stereocenters. The van der Waals surface area contributed by atoms with Crippen LogP contribution >= 0.6 is 0 Å². The van der Waals surface area contributed by atoms with Crippen molar-refractivity contribution in [3.63, 3.8) is 0 Å². The van der Waals surface area contributed by atoms with Crippen LogP contribution in [0.1, 0.15) is 20.3 Å². The van der Waals surface area contributed by atoms with Crippen LogP contribution in [0, 0.1) is 5.92 Å². The predicted molar refractivity (Wildman–Crippen MR) is 55.1 cm³/mol. The Morgan fingerprint density at radius 2 is 2.07 bits per heavy atom. The molecule has 0 heterocycles. The van der Waals surface area contributed by atoms with E-state index >= 15 is 0 Å². The molecule has 0 aliphatic rings. The van der Waals surface area contributed by atoms with Gasteiger partial charge in [0.15, 0.2) is 0 Å². The van der Waals surface area contributed by atoms with E-state index in [1.165, 1.54) is 7.11 Å². The Morgan fingerprint density at radius 3 is 2.50 bits per heavy atom. The lowest BCUT2D eigenvalue weighted by molar-refractivity contribution is -0.143. The molecule has 4 nitrogen and oxygen atoms in total. The molecule has 0 aromatic carbocycles. The van der Waals surface area contributed by atoms with Gasteiger partial charge < -0.3 is 14.8 Å². The highest BCUT2D eigenvalue weighted by molar-refractivity contribution is 5.75. The third-order valence-electron chi connectivity index (χ3n) is 2.06. The van der Waals surface area contributed by atoms with Crippen molar-refractivity contribution in [1.82, 2.24) is 5.32 Å². The molecule has 4 heteroatoms. The molecule has 0 saturated heterocycles. The van der Waals surface area contributed by atoms with Gasteiger partial charge in [-0.1, -0.05) is 13.8 Å². The number of rotatable bonds is 7. The fourth-order valence-corrected chi connectivity index (χ4v) is 1.22. The highest BCUT2D eigenvalue weighted by atomic mass is 16.5. The monoisotopic (exact) mass is 203 g/mol. The second-order valence-electron chi connectivity index (χ2n) is 3.45. The van der Waals surface area contributed by atoms with E-state index in [0.717, 1.165) is 13.0 Å². The summed E-state index contributed by atoms with van der Waals surface area (Å²) in [6.07, 6.45) is 0.742. The van der Waals surface area contributed by atoms with Gasteiger partial charge in [0.2, 0.25) is 0 Å². The van der Waals surface area contributed by atoms with Gasteiger partial charge >= 0.3 is 5.97 Å². The smallest absolute Gasteiger partial charge is 0.322 e. The highest BCUT2D eigenvalue weighted by Gasteiger charge is 2.16. The number of ether oxygens (including phenoxy) is 2. The summed E-state index contributed by atoms with van der Waals surface area (Å²) >= 11 is 0. The number of carbonyl (C=O) groups excluding carboxylic acids is 1. The Kier molecular flexibility index (Phi) is 7.42. The van der Waals surface area contributed by atoms with Crippen molar-refractivity contribution in [2.45, 2.75) is 26.3 Å². The second-order valence-corrected chi connectivity index (χ2v) is 3.45. The lowest BCUT2D eigenvalue weighted by Crippen LogP contribution is -2.39. The molecule has 0 amide bonds. The predicted octanol–water partition coefficient (Wildman–Crippen LogP) is 0.810. The Labute approximate surface area is 86.0 Å². The molecule has 0 aliphatic carbocycles. The minimum Gasteiger partial charge on any atom is -0.468 e. The first-order chi connectivity index (χ1) is 6.65. The summed E-state index contributed by atoms with van der Waals surface area (Å²) in [7, 11) is 3.08. The minimum absolute atomic E-state index is 0.195. The lowest BCUT2D eigenvalue weighted by Gasteiger charge is -2.17. The molecule has 0 rings (SSSR count). The van der Waals surface area contributed by atoms with Crippen molar-refractivity contribution < 1.29 is 14.3 Å². The van der Waals surface area contributed by atoms with Crippen LogP contribution in [-0.4, -0.2) is 39.4 Å². The normalized spacial score (nSPS) is 14.9. The van der Waals surface area contributed by atoms with Gasteiger partial charge in [0, 0.05) is 20.3 Å². The summed E-state index contributed by atoms with van der Waals surface area (Å²) < 4.78 is 9.66. The number of nitrogens with one attached hydrogen (secondary N) is 1. The van der Waals surface area contributed by atoms with Gasteiger partial charge in [0.05, 0.1) is 7.11 Å². The Morgan fingerprint density at radius 1 is 1.43 bits per heavy atom. The average Bonchev–Trinajstić information content (AvgIpc) is 2.18.